The van der Waals surface area contributed by atoms with Gasteiger partial charge in [0, 0.05) is 30.1 Å². The number of rotatable bonds is 10. The molecule has 0 aliphatic carbocycles. The predicted octanol–water partition coefficient (Wildman–Crippen LogP) is 3.52. The van der Waals surface area contributed by atoms with Crippen LogP contribution in [0.5, 0.6) is 0 Å². The number of thioether (sulfide) groups is 1. The molecule has 0 saturated carbocycles. The Balaban J connectivity index is 1.73. The van der Waals surface area contributed by atoms with Gasteiger partial charge in [0.1, 0.15) is 16.5 Å². The van der Waals surface area contributed by atoms with Gasteiger partial charge >= 0.3 is 0 Å². The minimum Gasteiger partial charge on any atom is -0.368 e. The standard InChI is InChI=1S/C18H22FN5O2S3/c1-3-29(25,26)22-9-8-20-16-12-7-10-28-17(12)24-18(23-16)21-11-13-14(19)5-4-6-15(13)27-2/h4-7,10,22H,3,8-9,11H2,1-2H3,(H2,20,21,23,24). The molecule has 3 aromatic rings. The third-order valence-electron chi connectivity index (χ3n) is 4.16. The molecule has 2 heterocycles. The molecule has 156 valence electrons. The average molecular weight is 456 g/mol. The Bertz CT molecular complexity index is 1090. The van der Waals surface area contributed by atoms with E-state index in [4.69, 9.17) is 0 Å². The van der Waals surface area contributed by atoms with Crippen LogP contribution in [-0.4, -0.2) is 43.5 Å². The van der Waals surface area contributed by atoms with E-state index < -0.39 is 10.0 Å². The van der Waals surface area contributed by atoms with E-state index in [1.807, 2.05) is 23.8 Å². The van der Waals surface area contributed by atoms with Gasteiger partial charge in [0.25, 0.3) is 0 Å². The van der Waals surface area contributed by atoms with E-state index in [1.54, 1.807) is 13.0 Å². The number of thiophene rings is 1. The minimum atomic E-state index is -3.23. The number of nitrogens with zero attached hydrogens (tertiary/aromatic N) is 2. The van der Waals surface area contributed by atoms with Crippen LogP contribution in [0.1, 0.15) is 12.5 Å². The van der Waals surface area contributed by atoms with Crippen molar-refractivity contribution >= 4 is 55.1 Å². The number of hydrogen-bond donors (Lipinski definition) is 3. The van der Waals surface area contributed by atoms with Crippen LogP contribution in [0.4, 0.5) is 16.2 Å². The van der Waals surface area contributed by atoms with Crippen LogP contribution in [0.25, 0.3) is 10.2 Å². The molecule has 0 radical (unpaired) electrons. The molecule has 1 aromatic carbocycles. The highest BCUT2D eigenvalue weighted by Crippen LogP contribution is 2.27. The maximum absolute atomic E-state index is 14.2. The fourth-order valence-corrected chi connectivity index (χ4v) is 4.64. The molecule has 0 spiro atoms. The number of benzene rings is 1. The topological polar surface area (TPSA) is 96.0 Å². The van der Waals surface area contributed by atoms with Crippen molar-refractivity contribution in [1.82, 2.24) is 14.7 Å². The zero-order valence-electron chi connectivity index (χ0n) is 16.0. The zero-order valence-corrected chi connectivity index (χ0v) is 18.5. The second kappa shape index (κ2) is 9.70. The van der Waals surface area contributed by atoms with E-state index >= 15 is 0 Å². The van der Waals surface area contributed by atoms with Crippen LogP contribution < -0.4 is 15.4 Å². The lowest BCUT2D eigenvalue weighted by atomic mass is 10.2. The van der Waals surface area contributed by atoms with Crippen molar-refractivity contribution in [3.8, 4) is 0 Å². The number of nitrogens with one attached hydrogen (secondary N) is 3. The second-order valence-electron chi connectivity index (χ2n) is 6.03. The van der Waals surface area contributed by atoms with Gasteiger partial charge in [-0.15, -0.1) is 23.1 Å². The van der Waals surface area contributed by atoms with Crippen LogP contribution in [-0.2, 0) is 16.6 Å². The normalized spacial score (nSPS) is 11.7. The maximum atomic E-state index is 14.2. The number of fused-ring (bicyclic) bond motifs is 1. The molecule has 0 unspecified atom stereocenters. The third-order valence-corrected chi connectivity index (χ3v) is 7.20. The van der Waals surface area contributed by atoms with Gasteiger partial charge in [0.05, 0.1) is 11.1 Å². The van der Waals surface area contributed by atoms with Gasteiger partial charge in [0.2, 0.25) is 16.0 Å². The highest BCUT2D eigenvalue weighted by Gasteiger charge is 2.12. The molecular formula is C18H22FN5O2S3. The summed E-state index contributed by atoms with van der Waals surface area (Å²) >= 11 is 2.96. The summed E-state index contributed by atoms with van der Waals surface area (Å²) in [5.74, 6) is 0.750. The van der Waals surface area contributed by atoms with E-state index in [-0.39, 0.29) is 24.7 Å². The van der Waals surface area contributed by atoms with E-state index in [1.165, 1.54) is 29.2 Å². The van der Waals surface area contributed by atoms with Crippen molar-refractivity contribution in [1.29, 1.82) is 0 Å². The molecule has 0 amide bonds. The van der Waals surface area contributed by atoms with Crippen LogP contribution in [0.15, 0.2) is 34.5 Å². The van der Waals surface area contributed by atoms with Crippen LogP contribution in [0.3, 0.4) is 0 Å². The van der Waals surface area contributed by atoms with E-state index in [9.17, 15) is 12.8 Å². The Hall–Kier alpha value is -1.95. The second-order valence-corrected chi connectivity index (χ2v) is 9.87. The first-order valence-electron chi connectivity index (χ1n) is 8.95. The van der Waals surface area contributed by atoms with E-state index in [2.05, 4.69) is 25.3 Å². The molecule has 7 nitrogen and oxygen atoms in total. The van der Waals surface area contributed by atoms with Gasteiger partial charge in [0.15, 0.2) is 0 Å². The monoisotopic (exact) mass is 455 g/mol. The summed E-state index contributed by atoms with van der Waals surface area (Å²) < 4.78 is 39.8. The van der Waals surface area contributed by atoms with Gasteiger partial charge in [-0.2, -0.15) is 4.98 Å². The summed E-state index contributed by atoms with van der Waals surface area (Å²) in [7, 11) is -3.23. The summed E-state index contributed by atoms with van der Waals surface area (Å²) in [5.41, 5.74) is 0.568. The number of hydrogen-bond acceptors (Lipinski definition) is 8. The smallest absolute Gasteiger partial charge is 0.226 e. The highest BCUT2D eigenvalue weighted by atomic mass is 32.2. The minimum absolute atomic E-state index is 0.0391. The molecule has 0 atom stereocenters. The van der Waals surface area contributed by atoms with Gasteiger partial charge in [-0.25, -0.2) is 22.5 Å². The molecule has 0 fully saturated rings. The van der Waals surface area contributed by atoms with Crippen molar-refractivity contribution in [2.45, 2.75) is 18.4 Å². The lowest BCUT2D eigenvalue weighted by Crippen LogP contribution is -2.30. The van der Waals surface area contributed by atoms with Gasteiger partial charge in [-0.1, -0.05) is 6.07 Å². The number of anilines is 2. The molecule has 2 aromatic heterocycles. The summed E-state index contributed by atoms with van der Waals surface area (Å²) in [6, 6.07) is 6.90. The molecule has 3 N–H and O–H groups in total. The number of aromatic nitrogens is 2. The van der Waals surface area contributed by atoms with Crippen molar-refractivity contribution in [3.05, 3.63) is 41.0 Å². The molecule has 0 bridgehead atoms. The van der Waals surface area contributed by atoms with Gasteiger partial charge < -0.3 is 10.6 Å². The number of sulfonamides is 1. The first-order chi connectivity index (χ1) is 13.9. The van der Waals surface area contributed by atoms with Crippen LogP contribution in [0, 0.1) is 5.82 Å². The Morgan fingerprint density at radius 2 is 2.00 bits per heavy atom. The Morgan fingerprint density at radius 3 is 2.76 bits per heavy atom. The maximum Gasteiger partial charge on any atom is 0.226 e. The van der Waals surface area contributed by atoms with Gasteiger partial charge in [-0.3, -0.25) is 0 Å². The van der Waals surface area contributed by atoms with E-state index in [0.717, 1.165) is 15.1 Å². The van der Waals surface area contributed by atoms with Crippen molar-refractivity contribution in [3.63, 3.8) is 0 Å². The molecular weight excluding hydrogens is 433 g/mol. The Kier molecular flexibility index (Phi) is 7.28. The largest absolute Gasteiger partial charge is 0.368 e. The predicted molar refractivity (Wildman–Crippen MR) is 119 cm³/mol. The van der Waals surface area contributed by atoms with Crippen LogP contribution >= 0.6 is 23.1 Å². The van der Waals surface area contributed by atoms with Crippen molar-refractivity contribution in [2.24, 2.45) is 0 Å². The van der Waals surface area contributed by atoms with E-state index in [0.29, 0.717) is 23.9 Å². The Morgan fingerprint density at radius 1 is 1.17 bits per heavy atom. The third kappa shape index (κ3) is 5.56. The molecule has 0 aliphatic rings. The Labute approximate surface area is 177 Å². The highest BCUT2D eigenvalue weighted by molar-refractivity contribution is 7.98. The first-order valence-corrected chi connectivity index (χ1v) is 12.7. The molecule has 0 saturated heterocycles. The van der Waals surface area contributed by atoms with Crippen LogP contribution in [0.2, 0.25) is 0 Å². The summed E-state index contributed by atoms with van der Waals surface area (Å²) in [6.07, 6.45) is 1.90. The SMILES string of the molecule is CCS(=O)(=O)NCCNc1nc(NCc2c(F)cccc2SC)nc2sccc12. The summed E-state index contributed by atoms with van der Waals surface area (Å²) in [6.45, 7) is 2.48. The van der Waals surface area contributed by atoms with Crippen molar-refractivity contribution in [2.75, 3.05) is 35.7 Å². The number of halogens is 1. The summed E-state index contributed by atoms with van der Waals surface area (Å²) in [4.78, 5) is 10.6. The summed E-state index contributed by atoms with van der Waals surface area (Å²) in [5, 5.41) is 9.03. The molecule has 3 rings (SSSR count). The fraction of sp³-hybridized carbons (Fsp3) is 0.333. The molecule has 11 heteroatoms. The average Bonchev–Trinajstić information content (AvgIpc) is 3.18. The lowest BCUT2D eigenvalue weighted by molar-refractivity contribution is 0.584. The molecule has 0 aliphatic heterocycles. The fourth-order valence-electron chi connectivity index (χ4n) is 2.63. The first kappa shape index (κ1) is 21.8. The van der Waals surface area contributed by atoms with Gasteiger partial charge in [-0.05, 0) is 36.8 Å². The zero-order chi connectivity index (χ0) is 20.9. The lowest BCUT2D eigenvalue weighted by Gasteiger charge is -2.12. The molecule has 29 heavy (non-hydrogen) atoms. The quantitative estimate of drug-likeness (QED) is 0.318. The van der Waals surface area contributed by atoms with Crippen molar-refractivity contribution < 1.29 is 12.8 Å².